The van der Waals surface area contributed by atoms with Crippen LogP contribution >= 0.6 is 0 Å². The third-order valence-corrected chi connectivity index (χ3v) is 2.32. The first-order valence-corrected chi connectivity index (χ1v) is 5.83. The standard InChI is InChI=1S/C13H20N2O3/c1-17-8-7-14-9-13(16)15-12-5-3-11(4-6-12)10-18-2/h3-6,14H,7-10H2,1-2H3,(H,15,16). The zero-order valence-corrected chi connectivity index (χ0v) is 10.9. The van der Waals surface area contributed by atoms with E-state index < -0.39 is 0 Å². The molecular formula is C13H20N2O3. The Labute approximate surface area is 107 Å². The number of amides is 1. The van der Waals surface area contributed by atoms with E-state index in [1.54, 1.807) is 14.2 Å². The van der Waals surface area contributed by atoms with Gasteiger partial charge in [0.15, 0.2) is 0 Å². The van der Waals surface area contributed by atoms with Crippen LogP contribution in [0.1, 0.15) is 5.56 Å². The number of benzene rings is 1. The maximum atomic E-state index is 11.5. The van der Waals surface area contributed by atoms with Gasteiger partial charge in [-0.05, 0) is 17.7 Å². The minimum atomic E-state index is -0.0643. The van der Waals surface area contributed by atoms with Gasteiger partial charge in [0.1, 0.15) is 0 Å². The fourth-order valence-electron chi connectivity index (χ4n) is 1.43. The molecule has 0 aliphatic carbocycles. The lowest BCUT2D eigenvalue weighted by Crippen LogP contribution is -2.30. The summed E-state index contributed by atoms with van der Waals surface area (Å²) in [4.78, 5) is 11.5. The molecule has 1 aromatic carbocycles. The van der Waals surface area contributed by atoms with Gasteiger partial charge in [0, 0.05) is 26.5 Å². The molecule has 5 nitrogen and oxygen atoms in total. The quantitative estimate of drug-likeness (QED) is 0.678. The molecule has 0 atom stereocenters. The molecular weight excluding hydrogens is 232 g/mol. The monoisotopic (exact) mass is 252 g/mol. The Hall–Kier alpha value is -1.43. The second-order valence-corrected chi connectivity index (χ2v) is 3.85. The molecule has 0 unspecified atom stereocenters. The van der Waals surface area contributed by atoms with Crippen molar-refractivity contribution in [2.24, 2.45) is 0 Å². The van der Waals surface area contributed by atoms with Crippen LogP contribution in [-0.2, 0) is 20.9 Å². The van der Waals surface area contributed by atoms with Crippen molar-refractivity contribution in [2.45, 2.75) is 6.61 Å². The molecule has 100 valence electrons. The highest BCUT2D eigenvalue weighted by atomic mass is 16.5. The molecule has 0 spiro atoms. The topological polar surface area (TPSA) is 59.6 Å². The summed E-state index contributed by atoms with van der Waals surface area (Å²) in [5.41, 5.74) is 1.86. The third-order valence-electron chi connectivity index (χ3n) is 2.32. The van der Waals surface area contributed by atoms with Crippen molar-refractivity contribution in [3.05, 3.63) is 29.8 Å². The lowest BCUT2D eigenvalue weighted by molar-refractivity contribution is -0.115. The van der Waals surface area contributed by atoms with E-state index in [-0.39, 0.29) is 12.5 Å². The van der Waals surface area contributed by atoms with E-state index in [1.165, 1.54) is 0 Å². The Morgan fingerprint density at radius 1 is 1.17 bits per heavy atom. The Balaban J connectivity index is 2.30. The third kappa shape index (κ3) is 5.77. The van der Waals surface area contributed by atoms with Gasteiger partial charge in [-0.3, -0.25) is 4.79 Å². The molecule has 1 aromatic rings. The molecule has 1 rings (SSSR count). The van der Waals surface area contributed by atoms with Crippen LogP contribution in [0.25, 0.3) is 0 Å². The molecule has 0 bridgehead atoms. The SMILES string of the molecule is COCCNCC(=O)Nc1ccc(COC)cc1. The molecule has 5 heteroatoms. The number of nitrogens with one attached hydrogen (secondary N) is 2. The first kappa shape index (κ1) is 14.6. The molecule has 0 heterocycles. The van der Waals surface area contributed by atoms with Gasteiger partial charge in [-0.15, -0.1) is 0 Å². The molecule has 0 saturated carbocycles. The largest absolute Gasteiger partial charge is 0.383 e. The van der Waals surface area contributed by atoms with Gasteiger partial charge in [0.25, 0.3) is 0 Å². The van der Waals surface area contributed by atoms with Crippen molar-refractivity contribution in [1.82, 2.24) is 5.32 Å². The number of hydrogen-bond acceptors (Lipinski definition) is 4. The van der Waals surface area contributed by atoms with Gasteiger partial charge < -0.3 is 20.1 Å². The lowest BCUT2D eigenvalue weighted by atomic mass is 10.2. The van der Waals surface area contributed by atoms with Gasteiger partial charge in [0.05, 0.1) is 19.8 Å². The van der Waals surface area contributed by atoms with Gasteiger partial charge in [-0.1, -0.05) is 12.1 Å². The van der Waals surface area contributed by atoms with E-state index in [1.807, 2.05) is 24.3 Å². The molecule has 0 saturated heterocycles. The van der Waals surface area contributed by atoms with Crippen molar-refractivity contribution in [2.75, 3.05) is 39.2 Å². The van der Waals surface area contributed by atoms with Gasteiger partial charge in [-0.25, -0.2) is 0 Å². The molecule has 0 aliphatic heterocycles. The number of carbonyl (C=O) groups is 1. The molecule has 1 amide bonds. The highest BCUT2D eigenvalue weighted by Gasteiger charge is 2.01. The minimum absolute atomic E-state index is 0.0643. The van der Waals surface area contributed by atoms with E-state index >= 15 is 0 Å². The number of methoxy groups -OCH3 is 2. The summed E-state index contributed by atoms with van der Waals surface area (Å²) >= 11 is 0. The van der Waals surface area contributed by atoms with Crippen LogP contribution in [0.5, 0.6) is 0 Å². The smallest absolute Gasteiger partial charge is 0.238 e. The van der Waals surface area contributed by atoms with Crippen molar-refractivity contribution < 1.29 is 14.3 Å². The van der Waals surface area contributed by atoms with Crippen molar-refractivity contribution >= 4 is 11.6 Å². The maximum Gasteiger partial charge on any atom is 0.238 e. The lowest BCUT2D eigenvalue weighted by Gasteiger charge is -2.07. The van der Waals surface area contributed by atoms with Crippen LogP contribution in [0.4, 0.5) is 5.69 Å². The fraction of sp³-hybridized carbons (Fsp3) is 0.462. The zero-order chi connectivity index (χ0) is 13.2. The van der Waals surface area contributed by atoms with Crippen molar-refractivity contribution in [3.8, 4) is 0 Å². The fourth-order valence-corrected chi connectivity index (χ4v) is 1.43. The molecule has 0 aromatic heterocycles. The molecule has 0 fully saturated rings. The highest BCUT2D eigenvalue weighted by molar-refractivity contribution is 5.92. The van der Waals surface area contributed by atoms with E-state index in [2.05, 4.69) is 10.6 Å². The van der Waals surface area contributed by atoms with Crippen LogP contribution in [0, 0.1) is 0 Å². The van der Waals surface area contributed by atoms with Crippen LogP contribution in [0.3, 0.4) is 0 Å². The van der Waals surface area contributed by atoms with Gasteiger partial charge in [-0.2, -0.15) is 0 Å². The Morgan fingerprint density at radius 2 is 1.89 bits per heavy atom. The molecule has 2 N–H and O–H groups in total. The van der Waals surface area contributed by atoms with Gasteiger partial charge >= 0.3 is 0 Å². The summed E-state index contributed by atoms with van der Waals surface area (Å²) in [5.74, 6) is -0.0643. The van der Waals surface area contributed by atoms with E-state index in [0.717, 1.165) is 11.3 Å². The average molecular weight is 252 g/mol. The minimum Gasteiger partial charge on any atom is -0.383 e. The highest BCUT2D eigenvalue weighted by Crippen LogP contribution is 2.09. The van der Waals surface area contributed by atoms with E-state index in [9.17, 15) is 4.79 Å². The second kappa shape index (κ2) is 8.63. The van der Waals surface area contributed by atoms with E-state index in [0.29, 0.717) is 19.8 Å². The molecule has 0 aliphatic rings. The van der Waals surface area contributed by atoms with Crippen LogP contribution < -0.4 is 10.6 Å². The Kier molecular flexibility index (Phi) is 7.01. The van der Waals surface area contributed by atoms with E-state index in [4.69, 9.17) is 9.47 Å². The van der Waals surface area contributed by atoms with Crippen LogP contribution in [0.2, 0.25) is 0 Å². The zero-order valence-electron chi connectivity index (χ0n) is 10.9. The molecule has 0 radical (unpaired) electrons. The average Bonchev–Trinajstić information content (AvgIpc) is 2.37. The Bertz CT molecular complexity index is 352. The number of hydrogen-bond donors (Lipinski definition) is 2. The van der Waals surface area contributed by atoms with Crippen LogP contribution in [-0.4, -0.2) is 39.8 Å². The summed E-state index contributed by atoms with van der Waals surface area (Å²) in [6.07, 6.45) is 0. The summed E-state index contributed by atoms with van der Waals surface area (Å²) in [6.45, 7) is 2.12. The number of rotatable bonds is 8. The first-order valence-electron chi connectivity index (χ1n) is 5.83. The molecule has 18 heavy (non-hydrogen) atoms. The summed E-state index contributed by atoms with van der Waals surface area (Å²) in [6, 6.07) is 7.58. The predicted molar refractivity (Wildman–Crippen MR) is 70.5 cm³/mol. The number of carbonyl (C=O) groups excluding carboxylic acids is 1. The summed E-state index contributed by atoms with van der Waals surface area (Å²) < 4.78 is 9.89. The van der Waals surface area contributed by atoms with Gasteiger partial charge in [0.2, 0.25) is 5.91 Å². The predicted octanol–water partition coefficient (Wildman–Crippen LogP) is 1.01. The summed E-state index contributed by atoms with van der Waals surface area (Å²) in [7, 11) is 3.28. The summed E-state index contributed by atoms with van der Waals surface area (Å²) in [5, 5.41) is 5.79. The normalized spacial score (nSPS) is 10.3. The van der Waals surface area contributed by atoms with Crippen molar-refractivity contribution in [1.29, 1.82) is 0 Å². The number of anilines is 1. The maximum absolute atomic E-state index is 11.5. The Morgan fingerprint density at radius 3 is 2.50 bits per heavy atom. The van der Waals surface area contributed by atoms with Crippen molar-refractivity contribution in [3.63, 3.8) is 0 Å². The first-order chi connectivity index (χ1) is 8.76. The van der Waals surface area contributed by atoms with Crippen LogP contribution in [0.15, 0.2) is 24.3 Å². The second-order valence-electron chi connectivity index (χ2n) is 3.85. The number of ether oxygens (including phenoxy) is 2.